The largest absolute Gasteiger partial charge is 0.456 e. The van der Waals surface area contributed by atoms with Gasteiger partial charge in [0.1, 0.15) is 22.3 Å². The molecule has 4 nitrogen and oxygen atoms in total. The number of benzene rings is 9. The first-order valence-corrected chi connectivity index (χ1v) is 23.2. The summed E-state index contributed by atoms with van der Waals surface area (Å²) in [5.41, 5.74) is 25.9. The highest BCUT2D eigenvalue weighted by molar-refractivity contribution is 6.18. The van der Waals surface area contributed by atoms with Crippen LogP contribution in [0.3, 0.4) is 0 Å². The van der Waals surface area contributed by atoms with Crippen molar-refractivity contribution in [1.82, 2.24) is 0 Å². The van der Waals surface area contributed by atoms with Crippen molar-refractivity contribution >= 4 is 99.5 Å². The third-order valence-electron chi connectivity index (χ3n) is 15.1. The summed E-state index contributed by atoms with van der Waals surface area (Å²) < 4.78 is 13.4. The molecule has 9 aromatic carbocycles. The molecule has 4 heteroatoms. The molecule has 0 amide bonds. The Labute approximate surface area is 387 Å². The molecule has 0 radical (unpaired) electrons. The standard InChI is InChI=1S/C62H56N2O2/c1-33-17-51(18-34(2)41(33)9)63(52-19-35(3)42(10)36(4)20-52)49-15-13-45-27-55-57-31-58-56-28-46-14-16-50(26-48(46)30-60(56)66-62(58)32-61(57)65-59(55)29-47(45)25-49)64(53-21-37(5)43(11)38(6)22-53)54-23-39(7)44(12)40(8)24-54/h13-32H,1-12H3. The lowest BCUT2D eigenvalue weighted by molar-refractivity contribution is 0.656. The summed E-state index contributed by atoms with van der Waals surface area (Å²) in [6, 6.07) is 45.5. The number of rotatable bonds is 6. The van der Waals surface area contributed by atoms with Crippen molar-refractivity contribution in [3.05, 3.63) is 188 Å². The van der Waals surface area contributed by atoms with E-state index in [0.29, 0.717) is 0 Å². The van der Waals surface area contributed by atoms with Crippen LogP contribution in [0.5, 0.6) is 0 Å². The second-order valence-corrected chi connectivity index (χ2v) is 19.3. The quantitative estimate of drug-likeness (QED) is 0.167. The second-order valence-electron chi connectivity index (χ2n) is 19.3. The van der Waals surface area contributed by atoms with Crippen LogP contribution in [0.15, 0.2) is 130 Å². The lowest BCUT2D eigenvalue weighted by Crippen LogP contribution is -2.12. The normalized spacial score (nSPS) is 11.9. The molecule has 0 bridgehead atoms. The Balaban J connectivity index is 1.01. The number of anilines is 6. The van der Waals surface area contributed by atoms with Gasteiger partial charge in [-0.2, -0.15) is 0 Å². The van der Waals surface area contributed by atoms with Crippen molar-refractivity contribution < 1.29 is 8.83 Å². The molecule has 0 unspecified atom stereocenters. The second kappa shape index (κ2) is 15.1. The van der Waals surface area contributed by atoms with Crippen LogP contribution >= 0.6 is 0 Å². The van der Waals surface area contributed by atoms with Crippen molar-refractivity contribution in [2.45, 2.75) is 83.1 Å². The summed E-state index contributed by atoms with van der Waals surface area (Å²) >= 11 is 0. The summed E-state index contributed by atoms with van der Waals surface area (Å²) in [5.74, 6) is 0. The van der Waals surface area contributed by atoms with Gasteiger partial charge >= 0.3 is 0 Å². The average Bonchev–Trinajstić information content (AvgIpc) is 3.81. The molecule has 0 atom stereocenters. The van der Waals surface area contributed by atoms with Crippen LogP contribution in [0.1, 0.15) is 66.8 Å². The number of fused-ring (bicyclic) bond motifs is 8. The Bertz CT molecular complexity index is 3400. The van der Waals surface area contributed by atoms with Crippen molar-refractivity contribution in [1.29, 1.82) is 0 Å². The average molecular weight is 861 g/mol. The molecule has 0 aliphatic heterocycles. The number of aryl methyl sites for hydroxylation is 8. The van der Waals surface area contributed by atoms with Gasteiger partial charge in [0.15, 0.2) is 0 Å². The van der Waals surface area contributed by atoms with E-state index in [1.54, 1.807) is 0 Å². The van der Waals surface area contributed by atoms with E-state index in [1.165, 1.54) is 77.5 Å². The smallest absolute Gasteiger partial charge is 0.139 e. The summed E-state index contributed by atoms with van der Waals surface area (Å²) in [4.78, 5) is 4.80. The van der Waals surface area contributed by atoms with Gasteiger partial charge in [0.2, 0.25) is 0 Å². The maximum atomic E-state index is 6.70. The molecule has 326 valence electrons. The minimum atomic E-state index is 0.819. The third kappa shape index (κ3) is 6.65. The molecule has 2 aromatic heterocycles. The molecule has 0 spiro atoms. The first kappa shape index (κ1) is 41.4. The Kier molecular flexibility index (Phi) is 9.50. The van der Waals surface area contributed by atoms with Crippen LogP contribution in [-0.2, 0) is 0 Å². The summed E-state index contributed by atoms with van der Waals surface area (Å²) in [6.45, 7) is 26.5. The number of furan rings is 2. The molecular formula is C62H56N2O2. The Morgan fingerprint density at radius 1 is 0.242 bits per heavy atom. The number of hydrogen-bond donors (Lipinski definition) is 0. The van der Waals surface area contributed by atoms with Crippen molar-refractivity contribution in [3.8, 4) is 0 Å². The van der Waals surface area contributed by atoms with Crippen LogP contribution in [0.2, 0.25) is 0 Å². The molecule has 0 saturated heterocycles. The van der Waals surface area contributed by atoms with E-state index in [4.69, 9.17) is 8.83 Å². The fourth-order valence-electron chi connectivity index (χ4n) is 10.2. The molecule has 0 N–H and O–H groups in total. The molecular weight excluding hydrogens is 805 g/mol. The fourth-order valence-corrected chi connectivity index (χ4v) is 10.2. The van der Waals surface area contributed by atoms with Gasteiger partial charge < -0.3 is 18.6 Å². The van der Waals surface area contributed by atoms with Gasteiger partial charge in [-0.3, -0.25) is 0 Å². The van der Waals surface area contributed by atoms with Crippen molar-refractivity contribution in [2.75, 3.05) is 9.80 Å². The van der Waals surface area contributed by atoms with Crippen LogP contribution < -0.4 is 9.80 Å². The molecule has 0 fully saturated rings. The van der Waals surface area contributed by atoms with E-state index in [0.717, 1.165) is 88.8 Å². The van der Waals surface area contributed by atoms with Crippen LogP contribution in [0, 0.1) is 83.1 Å². The molecule has 11 aromatic rings. The van der Waals surface area contributed by atoms with E-state index in [1.807, 2.05) is 0 Å². The van der Waals surface area contributed by atoms with E-state index in [2.05, 4.69) is 214 Å². The van der Waals surface area contributed by atoms with E-state index in [-0.39, 0.29) is 0 Å². The topological polar surface area (TPSA) is 32.8 Å². The Hall–Kier alpha value is -7.30. The molecule has 0 aliphatic carbocycles. The van der Waals surface area contributed by atoms with Crippen LogP contribution in [-0.4, -0.2) is 0 Å². The Morgan fingerprint density at radius 2 is 0.515 bits per heavy atom. The first-order valence-electron chi connectivity index (χ1n) is 23.2. The van der Waals surface area contributed by atoms with Crippen LogP contribution in [0.25, 0.3) is 65.4 Å². The van der Waals surface area contributed by atoms with Gasteiger partial charge in [0.05, 0.1) is 0 Å². The van der Waals surface area contributed by atoms with Gasteiger partial charge in [0, 0.05) is 61.7 Å². The van der Waals surface area contributed by atoms with Crippen LogP contribution in [0.4, 0.5) is 34.1 Å². The van der Waals surface area contributed by atoms with Gasteiger partial charge in [-0.1, -0.05) is 12.1 Å². The van der Waals surface area contributed by atoms with E-state index < -0.39 is 0 Å². The maximum absolute atomic E-state index is 6.70. The SMILES string of the molecule is Cc1cc(N(c2cc(C)c(C)c(C)c2)c2ccc3cc4c(cc3c2)oc2cc3oc5cc6cc(N(c7cc(C)c(C)c(C)c7)c7cc(C)c(C)c(C)c7)ccc6cc5c3cc24)cc(C)c1C. The highest BCUT2D eigenvalue weighted by Crippen LogP contribution is 2.44. The molecule has 2 heterocycles. The number of hydrogen-bond acceptors (Lipinski definition) is 4. The van der Waals surface area contributed by atoms with Gasteiger partial charge in [-0.15, -0.1) is 0 Å². The third-order valence-corrected chi connectivity index (χ3v) is 15.1. The van der Waals surface area contributed by atoms with Gasteiger partial charge in [-0.05, 0) is 275 Å². The highest BCUT2D eigenvalue weighted by atomic mass is 16.3. The summed E-state index contributed by atoms with van der Waals surface area (Å²) in [7, 11) is 0. The molecule has 0 saturated carbocycles. The predicted octanol–water partition coefficient (Wildman–Crippen LogP) is 18.4. The van der Waals surface area contributed by atoms with Crippen molar-refractivity contribution in [2.24, 2.45) is 0 Å². The summed E-state index contributed by atoms with van der Waals surface area (Å²) in [5, 5.41) is 8.96. The monoisotopic (exact) mass is 860 g/mol. The zero-order valence-corrected chi connectivity index (χ0v) is 40.3. The maximum Gasteiger partial charge on any atom is 0.139 e. The lowest BCUT2D eigenvalue weighted by atomic mass is 9.99. The number of nitrogens with zero attached hydrogens (tertiary/aromatic N) is 2. The minimum absolute atomic E-state index is 0.819. The van der Waals surface area contributed by atoms with Gasteiger partial charge in [0.25, 0.3) is 0 Å². The fraction of sp³-hybridized carbons (Fsp3) is 0.194. The first-order chi connectivity index (χ1) is 31.6. The highest BCUT2D eigenvalue weighted by Gasteiger charge is 2.21. The molecule has 66 heavy (non-hydrogen) atoms. The van der Waals surface area contributed by atoms with Gasteiger partial charge in [-0.25, -0.2) is 0 Å². The molecule has 11 rings (SSSR count). The minimum Gasteiger partial charge on any atom is -0.456 e. The molecule has 0 aliphatic rings. The predicted molar refractivity (Wildman–Crippen MR) is 282 cm³/mol. The summed E-state index contributed by atoms with van der Waals surface area (Å²) in [6.07, 6.45) is 0. The Morgan fingerprint density at radius 3 is 0.818 bits per heavy atom. The zero-order valence-electron chi connectivity index (χ0n) is 40.3. The van der Waals surface area contributed by atoms with E-state index >= 15 is 0 Å². The lowest BCUT2D eigenvalue weighted by Gasteiger charge is -2.28. The van der Waals surface area contributed by atoms with Crippen molar-refractivity contribution in [3.63, 3.8) is 0 Å². The van der Waals surface area contributed by atoms with E-state index in [9.17, 15) is 0 Å². The zero-order chi connectivity index (χ0) is 46.0.